The fourth-order valence-corrected chi connectivity index (χ4v) is 3.34. The van der Waals surface area contributed by atoms with Crippen LogP contribution in [0.2, 0.25) is 0 Å². The lowest BCUT2D eigenvalue weighted by Gasteiger charge is -2.33. The lowest BCUT2D eigenvalue weighted by Crippen LogP contribution is -2.40. The molecule has 3 heterocycles. The Morgan fingerprint density at radius 1 is 1.50 bits per heavy atom. The van der Waals surface area contributed by atoms with Crippen molar-refractivity contribution in [2.24, 2.45) is 5.92 Å². The standard InChI is InChI=1S/C17H26N4O/c1-12(2)8-16(22)21-7-3-4-13(11-21)17-19-10-14-9-18-6-5-15(14)20-17/h10,12-13,18H,3-9,11H2,1-2H3/t13-/m1/s1. The van der Waals surface area contributed by atoms with Crippen molar-refractivity contribution in [2.45, 2.75) is 52.0 Å². The van der Waals surface area contributed by atoms with E-state index in [0.717, 1.165) is 51.3 Å². The number of amides is 1. The molecule has 0 unspecified atom stereocenters. The first kappa shape index (κ1) is 15.4. The Hall–Kier alpha value is -1.49. The zero-order chi connectivity index (χ0) is 15.5. The van der Waals surface area contributed by atoms with E-state index in [9.17, 15) is 4.79 Å². The van der Waals surface area contributed by atoms with Crippen LogP contribution in [0.5, 0.6) is 0 Å². The lowest BCUT2D eigenvalue weighted by molar-refractivity contribution is -0.133. The Morgan fingerprint density at radius 3 is 3.18 bits per heavy atom. The summed E-state index contributed by atoms with van der Waals surface area (Å²) in [7, 11) is 0. The third-order valence-electron chi connectivity index (χ3n) is 4.55. The van der Waals surface area contributed by atoms with Gasteiger partial charge in [-0.15, -0.1) is 0 Å². The van der Waals surface area contributed by atoms with E-state index in [1.165, 1.54) is 11.3 Å². The van der Waals surface area contributed by atoms with Gasteiger partial charge < -0.3 is 10.2 Å². The van der Waals surface area contributed by atoms with E-state index in [0.29, 0.717) is 18.3 Å². The summed E-state index contributed by atoms with van der Waals surface area (Å²) in [6.07, 6.45) is 5.73. The van der Waals surface area contributed by atoms with Gasteiger partial charge in [-0.05, 0) is 18.8 Å². The first-order valence-corrected chi connectivity index (χ1v) is 8.46. The van der Waals surface area contributed by atoms with Gasteiger partial charge >= 0.3 is 0 Å². The third kappa shape index (κ3) is 3.46. The van der Waals surface area contributed by atoms with Crippen molar-refractivity contribution >= 4 is 5.91 Å². The zero-order valence-corrected chi connectivity index (χ0v) is 13.6. The van der Waals surface area contributed by atoms with E-state index in [1.807, 2.05) is 11.1 Å². The first-order chi connectivity index (χ1) is 10.6. The summed E-state index contributed by atoms with van der Waals surface area (Å²) in [5.41, 5.74) is 2.41. The highest BCUT2D eigenvalue weighted by Gasteiger charge is 2.27. The van der Waals surface area contributed by atoms with E-state index in [-0.39, 0.29) is 5.91 Å². The SMILES string of the molecule is CC(C)CC(=O)N1CCC[C@@H](c2ncc3c(n2)CCNC3)C1. The first-order valence-electron chi connectivity index (χ1n) is 8.46. The largest absolute Gasteiger partial charge is 0.342 e. The van der Waals surface area contributed by atoms with Crippen LogP contribution in [0.25, 0.3) is 0 Å². The molecule has 0 aromatic carbocycles. The molecule has 120 valence electrons. The maximum absolute atomic E-state index is 12.3. The van der Waals surface area contributed by atoms with Gasteiger partial charge in [0.15, 0.2) is 0 Å². The van der Waals surface area contributed by atoms with Crippen LogP contribution in [-0.4, -0.2) is 40.4 Å². The molecule has 1 aromatic rings. The highest BCUT2D eigenvalue weighted by molar-refractivity contribution is 5.76. The summed E-state index contributed by atoms with van der Waals surface area (Å²) >= 11 is 0. The second-order valence-electron chi connectivity index (χ2n) is 6.90. The Morgan fingerprint density at radius 2 is 2.36 bits per heavy atom. The lowest BCUT2D eigenvalue weighted by atomic mass is 9.95. The number of rotatable bonds is 3. The van der Waals surface area contributed by atoms with Crippen LogP contribution in [-0.2, 0) is 17.8 Å². The molecule has 2 aliphatic rings. The van der Waals surface area contributed by atoms with E-state index in [2.05, 4.69) is 24.1 Å². The summed E-state index contributed by atoms with van der Waals surface area (Å²) in [6.45, 7) is 7.73. The van der Waals surface area contributed by atoms with E-state index in [1.54, 1.807) is 0 Å². The monoisotopic (exact) mass is 302 g/mol. The number of nitrogens with one attached hydrogen (secondary N) is 1. The van der Waals surface area contributed by atoms with Crippen LogP contribution in [0, 0.1) is 5.92 Å². The van der Waals surface area contributed by atoms with Crippen LogP contribution in [0.4, 0.5) is 0 Å². The predicted octanol–water partition coefficient (Wildman–Crippen LogP) is 1.87. The summed E-state index contributed by atoms with van der Waals surface area (Å²) in [4.78, 5) is 23.7. The maximum atomic E-state index is 12.3. The molecular formula is C17H26N4O. The van der Waals surface area contributed by atoms with Crippen LogP contribution in [0.15, 0.2) is 6.20 Å². The molecule has 1 atom stereocenters. The van der Waals surface area contributed by atoms with Gasteiger partial charge in [-0.1, -0.05) is 13.8 Å². The summed E-state index contributed by atoms with van der Waals surface area (Å²) < 4.78 is 0. The van der Waals surface area contributed by atoms with Gasteiger partial charge in [-0.25, -0.2) is 9.97 Å². The quantitative estimate of drug-likeness (QED) is 0.926. The van der Waals surface area contributed by atoms with Crippen molar-refractivity contribution in [1.29, 1.82) is 0 Å². The van der Waals surface area contributed by atoms with Crippen molar-refractivity contribution in [3.05, 3.63) is 23.3 Å². The molecule has 1 fully saturated rings. The summed E-state index contributed by atoms with van der Waals surface area (Å²) in [5, 5.41) is 3.35. The molecule has 3 rings (SSSR count). The van der Waals surface area contributed by atoms with Crippen molar-refractivity contribution in [2.75, 3.05) is 19.6 Å². The molecule has 2 aliphatic heterocycles. The molecule has 0 saturated carbocycles. The Balaban J connectivity index is 1.70. The number of nitrogens with zero attached hydrogens (tertiary/aromatic N) is 3. The average Bonchev–Trinajstić information content (AvgIpc) is 2.54. The number of hydrogen-bond donors (Lipinski definition) is 1. The number of likely N-dealkylation sites (tertiary alicyclic amines) is 1. The van der Waals surface area contributed by atoms with Crippen LogP contribution >= 0.6 is 0 Å². The predicted molar refractivity (Wildman–Crippen MR) is 85.5 cm³/mol. The van der Waals surface area contributed by atoms with Gasteiger partial charge in [0.1, 0.15) is 5.82 Å². The Labute approximate surface area is 132 Å². The molecule has 5 heteroatoms. The van der Waals surface area contributed by atoms with Gasteiger partial charge in [0.05, 0.1) is 0 Å². The average molecular weight is 302 g/mol. The number of piperidine rings is 1. The molecule has 0 radical (unpaired) electrons. The Bertz CT molecular complexity index is 543. The van der Waals surface area contributed by atoms with Crippen LogP contribution in [0.3, 0.4) is 0 Å². The minimum atomic E-state index is 0.280. The van der Waals surface area contributed by atoms with Crippen molar-refractivity contribution in [3.63, 3.8) is 0 Å². The normalized spacial score (nSPS) is 21.8. The molecule has 22 heavy (non-hydrogen) atoms. The van der Waals surface area contributed by atoms with Gasteiger partial charge in [0.25, 0.3) is 0 Å². The second-order valence-corrected chi connectivity index (χ2v) is 6.90. The molecular weight excluding hydrogens is 276 g/mol. The van der Waals surface area contributed by atoms with Gasteiger partial charge in [0, 0.05) is 62.4 Å². The van der Waals surface area contributed by atoms with Gasteiger partial charge in [-0.3, -0.25) is 4.79 Å². The van der Waals surface area contributed by atoms with Gasteiger partial charge in [0.2, 0.25) is 5.91 Å². The highest BCUT2D eigenvalue weighted by atomic mass is 16.2. The number of hydrogen-bond acceptors (Lipinski definition) is 4. The van der Waals surface area contributed by atoms with Crippen molar-refractivity contribution in [3.8, 4) is 0 Å². The molecule has 1 N–H and O–H groups in total. The fraction of sp³-hybridized carbons (Fsp3) is 0.706. The summed E-state index contributed by atoms with van der Waals surface area (Å²) in [5.74, 6) is 1.93. The minimum absolute atomic E-state index is 0.280. The maximum Gasteiger partial charge on any atom is 0.222 e. The zero-order valence-electron chi connectivity index (χ0n) is 13.6. The van der Waals surface area contributed by atoms with E-state index >= 15 is 0 Å². The number of carbonyl (C=O) groups excluding carboxylic acids is 1. The molecule has 1 saturated heterocycles. The molecule has 0 bridgehead atoms. The molecule has 0 aliphatic carbocycles. The second kappa shape index (κ2) is 6.73. The Kier molecular flexibility index (Phi) is 4.71. The number of aromatic nitrogens is 2. The third-order valence-corrected chi connectivity index (χ3v) is 4.55. The van der Waals surface area contributed by atoms with Crippen LogP contribution < -0.4 is 5.32 Å². The van der Waals surface area contributed by atoms with Crippen LogP contribution in [0.1, 0.15) is 56.1 Å². The van der Waals surface area contributed by atoms with E-state index in [4.69, 9.17) is 4.98 Å². The smallest absolute Gasteiger partial charge is 0.222 e. The van der Waals surface area contributed by atoms with Crippen molar-refractivity contribution in [1.82, 2.24) is 20.2 Å². The number of fused-ring (bicyclic) bond motifs is 1. The molecule has 1 amide bonds. The molecule has 0 spiro atoms. The molecule has 5 nitrogen and oxygen atoms in total. The molecule has 1 aromatic heterocycles. The topological polar surface area (TPSA) is 58.1 Å². The van der Waals surface area contributed by atoms with Crippen molar-refractivity contribution < 1.29 is 4.79 Å². The fourth-order valence-electron chi connectivity index (χ4n) is 3.34. The van der Waals surface area contributed by atoms with E-state index < -0.39 is 0 Å². The van der Waals surface area contributed by atoms with Gasteiger partial charge in [-0.2, -0.15) is 0 Å². The minimum Gasteiger partial charge on any atom is -0.342 e. The number of carbonyl (C=O) groups is 1. The summed E-state index contributed by atoms with van der Waals surface area (Å²) in [6, 6.07) is 0. The highest BCUT2D eigenvalue weighted by Crippen LogP contribution is 2.26.